The Morgan fingerprint density at radius 2 is 2.10 bits per heavy atom. The molecule has 0 atom stereocenters. The number of thioether (sulfide) groups is 1. The molecule has 0 saturated carbocycles. The normalized spacial score (nSPS) is 13.5. The number of nitrogens with zero attached hydrogens (tertiary/aromatic N) is 3. The smallest absolute Gasteiger partial charge is 0.263 e. The molecule has 6 nitrogen and oxygen atoms in total. The van der Waals surface area contributed by atoms with Crippen molar-refractivity contribution in [1.29, 1.82) is 0 Å². The summed E-state index contributed by atoms with van der Waals surface area (Å²) in [7, 11) is 0. The zero-order valence-electron chi connectivity index (χ0n) is 16.1. The van der Waals surface area contributed by atoms with E-state index in [2.05, 4.69) is 9.97 Å². The second-order valence-corrected chi connectivity index (χ2v) is 9.42. The van der Waals surface area contributed by atoms with Crippen LogP contribution in [0.15, 0.2) is 57.0 Å². The number of benzene rings is 1. The fourth-order valence-electron chi connectivity index (χ4n) is 4.07. The van der Waals surface area contributed by atoms with Crippen LogP contribution in [-0.4, -0.2) is 19.5 Å². The third-order valence-electron chi connectivity index (χ3n) is 5.46. The van der Waals surface area contributed by atoms with E-state index in [-0.39, 0.29) is 5.56 Å². The summed E-state index contributed by atoms with van der Waals surface area (Å²) in [5, 5.41) is 1.50. The molecule has 0 fully saturated rings. The van der Waals surface area contributed by atoms with Crippen LogP contribution in [0.5, 0.6) is 0 Å². The number of fused-ring (bicyclic) bond motifs is 4. The van der Waals surface area contributed by atoms with Crippen LogP contribution in [-0.2, 0) is 25.1 Å². The maximum atomic E-state index is 13.5. The molecule has 150 valence electrons. The molecule has 1 aromatic carbocycles. The number of aryl methyl sites for hydroxylation is 2. The van der Waals surface area contributed by atoms with Gasteiger partial charge in [-0.15, -0.1) is 11.3 Å². The van der Waals surface area contributed by atoms with Gasteiger partial charge >= 0.3 is 0 Å². The van der Waals surface area contributed by atoms with Gasteiger partial charge in [-0.1, -0.05) is 23.9 Å². The first-order valence-corrected chi connectivity index (χ1v) is 11.7. The first-order chi connectivity index (χ1) is 14.8. The largest absolute Gasteiger partial charge is 0.467 e. The number of aromatic nitrogens is 4. The van der Waals surface area contributed by atoms with Gasteiger partial charge in [-0.2, -0.15) is 0 Å². The molecule has 4 heterocycles. The van der Waals surface area contributed by atoms with Gasteiger partial charge in [-0.3, -0.25) is 9.36 Å². The van der Waals surface area contributed by atoms with Crippen LogP contribution in [0.25, 0.3) is 21.3 Å². The van der Waals surface area contributed by atoms with Crippen molar-refractivity contribution in [3.05, 3.63) is 75.0 Å². The summed E-state index contributed by atoms with van der Waals surface area (Å²) in [4.78, 5) is 28.6. The van der Waals surface area contributed by atoms with Crippen LogP contribution in [0.3, 0.4) is 0 Å². The lowest BCUT2D eigenvalue weighted by Gasteiger charge is -2.11. The Balaban J connectivity index is 1.42. The molecule has 0 spiro atoms. The van der Waals surface area contributed by atoms with Crippen LogP contribution in [0.2, 0.25) is 0 Å². The van der Waals surface area contributed by atoms with E-state index in [1.807, 2.05) is 36.4 Å². The lowest BCUT2D eigenvalue weighted by molar-refractivity contribution is 0.476. The Morgan fingerprint density at radius 3 is 2.97 bits per heavy atom. The number of para-hydroxylation sites is 2. The summed E-state index contributed by atoms with van der Waals surface area (Å²) < 4.78 is 7.27. The minimum absolute atomic E-state index is 0.0305. The minimum atomic E-state index is 0.0305. The number of nitrogens with one attached hydrogen (secondary N) is 1. The van der Waals surface area contributed by atoms with Gasteiger partial charge in [0.1, 0.15) is 16.4 Å². The van der Waals surface area contributed by atoms with Crippen molar-refractivity contribution in [3.63, 3.8) is 0 Å². The van der Waals surface area contributed by atoms with Gasteiger partial charge in [-0.25, -0.2) is 9.97 Å². The quantitative estimate of drug-likeness (QED) is 0.319. The van der Waals surface area contributed by atoms with Crippen LogP contribution in [0.1, 0.15) is 28.4 Å². The topological polar surface area (TPSA) is 76.7 Å². The van der Waals surface area contributed by atoms with Gasteiger partial charge in [-0.05, 0) is 49.1 Å². The predicted molar refractivity (Wildman–Crippen MR) is 119 cm³/mol. The van der Waals surface area contributed by atoms with Crippen molar-refractivity contribution in [2.75, 3.05) is 0 Å². The minimum Gasteiger partial charge on any atom is -0.467 e. The van der Waals surface area contributed by atoms with Gasteiger partial charge in [0, 0.05) is 4.88 Å². The summed E-state index contributed by atoms with van der Waals surface area (Å²) in [6.45, 7) is 0.377. The van der Waals surface area contributed by atoms with Crippen molar-refractivity contribution in [2.45, 2.75) is 36.7 Å². The number of thiophene rings is 1. The summed E-state index contributed by atoms with van der Waals surface area (Å²) in [6, 6.07) is 11.7. The number of aromatic amines is 1. The zero-order chi connectivity index (χ0) is 20.1. The van der Waals surface area contributed by atoms with Gasteiger partial charge < -0.3 is 9.40 Å². The van der Waals surface area contributed by atoms with Gasteiger partial charge in [0.15, 0.2) is 5.16 Å². The maximum Gasteiger partial charge on any atom is 0.263 e. The monoisotopic (exact) mass is 434 g/mol. The van der Waals surface area contributed by atoms with E-state index >= 15 is 0 Å². The molecule has 0 bridgehead atoms. The van der Waals surface area contributed by atoms with E-state index in [1.165, 1.54) is 22.2 Å². The number of rotatable bonds is 5. The number of furan rings is 1. The average Bonchev–Trinajstić information content (AvgIpc) is 3.52. The molecule has 1 N–H and O–H groups in total. The predicted octanol–water partition coefficient (Wildman–Crippen LogP) is 4.76. The molecular weight excluding hydrogens is 416 g/mol. The van der Waals surface area contributed by atoms with E-state index < -0.39 is 0 Å². The number of imidazole rings is 1. The Morgan fingerprint density at radius 1 is 1.17 bits per heavy atom. The number of hydrogen-bond acceptors (Lipinski definition) is 6. The lowest BCUT2D eigenvalue weighted by Crippen LogP contribution is -2.24. The molecule has 6 rings (SSSR count). The maximum absolute atomic E-state index is 13.5. The average molecular weight is 435 g/mol. The highest BCUT2D eigenvalue weighted by molar-refractivity contribution is 7.98. The molecule has 0 radical (unpaired) electrons. The summed E-state index contributed by atoms with van der Waals surface area (Å²) in [5.74, 6) is 2.22. The van der Waals surface area contributed by atoms with Gasteiger partial charge in [0.2, 0.25) is 0 Å². The molecule has 0 saturated heterocycles. The lowest BCUT2D eigenvalue weighted by atomic mass is 10.2. The first-order valence-electron chi connectivity index (χ1n) is 9.90. The van der Waals surface area contributed by atoms with E-state index in [0.29, 0.717) is 17.5 Å². The number of H-pyrrole nitrogens is 1. The van der Waals surface area contributed by atoms with E-state index in [4.69, 9.17) is 9.40 Å². The Kier molecular flexibility index (Phi) is 4.28. The summed E-state index contributed by atoms with van der Waals surface area (Å²) in [6.07, 6.45) is 4.78. The van der Waals surface area contributed by atoms with Crippen molar-refractivity contribution in [2.24, 2.45) is 0 Å². The highest BCUT2D eigenvalue weighted by Gasteiger charge is 2.23. The highest BCUT2D eigenvalue weighted by atomic mass is 32.2. The SMILES string of the molecule is O=c1c2c3c(sc2nc(SCc2nc4ccccc4[nH]2)n1Cc1ccco1)CCC3. The van der Waals surface area contributed by atoms with Crippen LogP contribution in [0.4, 0.5) is 0 Å². The van der Waals surface area contributed by atoms with Gasteiger partial charge in [0.25, 0.3) is 5.56 Å². The van der Waals surface area contributed by atoms with Crippen LogP contribution < -0.4 is 5.56 Å². The molecule has 4 aromatic heterocycles. The molecule has 0 aliphatic heterocycles. The molecular formula is C22H18N4O2S2. The molecule has 30 heavy (non-hydrogen) atoms. The molecule has 0 unspecified atom stereocenters. The van der Waals surface area contributed by atoms with Crippen molar-refractivity contribution >= 4 is 44.3 Å². The first kappa shape index (κ1) is 18.0. The van der Waals surface area contributed by atoms with Crippen molar-refractivity contribution < 1.29 is 4.42 Å². The zero-order valence-corrected chi connectivity index (χ0v) is 17.7. The van der Waals surface area contributed by atoms with E-state index in [9.17, 15) is 4.79 Å². The fraction of sp³-hybridized carbons (Fsp3) is 0.227. The van der Waals surface area contributed by atoms with Crippen molar-refractivity contribution in [1.82, 2.24) is 19.5 Å². The molecule has 5 aromatic rings. The highest BCUT2D eigenvalue weighted by Crippen LogP contribution is 2.36. The third-order valence-corrected chi connectivity index (χ3v) is 7.63. The van der Waals surface area contributed by atoms with Crippen LogP contribution in [0, 0.1) is 0 Å². The Labute approximate surface area is 180 Å². The second-order valence-electron chi connectivity index (χ2n) is 7.39. The standard InChI is InChI=1S/C22H18N4O2S2/c27-21-19-14-6-3-9-17(14)30-20(19)25-22(26(21)11-13-5-4-10-28-13)29-12-18-23-15-7-1-2-8-16(15)24-18/h1-2,4-5,7-8,10H,3,6,9,11-12H2,(H,23,24). The summed E-state index contributed by atoms with van der Waals surface area (Å²) in [5.41, 5.74) is 3.19. The Hall–Kier alpha value is -2.84. The summed E-state index contributed by atoms with van der Waals surface area (Å²) >= 11 is 3.20. The molecule has 8 heteroatoms. The van der Waals surface area contributed by atoms with E-state index in [1.54, 1.807) is 22.2 Å². The fourth-order valence-corrected chi connectivity index (χ4v) is 6.24. The molecule has 1 aliphatic rings. The van der Waals surface area contributed by atoms with Crippen LogP contribution >= 0.6 is 23.1 Å². The Bertz CT molecular complexity index is 1400. The van der Waals surface area contributed by atoms with E-state index in [0.717, 1.165) is 52.1 Å². The third kappa shape index (κ3) is 2.98. The van der Waals surface area contributed by atoms with Crippen molar-refractivity contribution in [3.8, 4) is 0 Å². The van der Waals surface area contributed by atoms with Gasteiger partial charge in [0.05, 0.1) is 35.0 Å². The molecule has 1 aliphatic carbocycles. The number of hydrogen-bond donors (Lipinski definition) is 1. The second kappa shape index (κ2) is 7.14. The molecule has 0 amide bonds.